The van der Waals surface area contributed by atoms with E-state index >= 15 is 0 Å². The second-order valence-electron chi connectivity index (χ2n) is 6.17. The minimum Gasteiger partial charge on any atom is -0.504 e. The molecule has 0 saturated heterocycles. The molecule has 4 aromatic rings. The zero-order valence-corrected chi connectivity index (χ0v) is 15.9. The predicted molar refractivity (Wildman–Crippen MR) is 110 cm³/mol. The van der Waals surface area contributed by atoms with Crippen molar-refractivity contribution in [3.05, 3.63) is 70.7 Å². The van der Waals surface area contributed by atoms with E-state index in [0.29, 0.717) is 11.3 Å². The zero-order chi connectivity index (χ0) is 18.3. The molecule has 3 nitrogen and oxygen atoms in total. The van der Waals surface area contributed by atoms with Crippen molar-refractivity contribution in [3.8, 4) is 28.2 Å². The summed E-state index contributed by atoms with van der Waals surface area (Å²) in [5, 5.41) is 13.1. The number of hydrogen-bond donors (Lipinski definition) is 2. The van der Waals surface area contributed by atoms with Gasteiger partial charge in [-0.25, -0.2) is 0 Å². The fraction of sp³-hybridized carbons (Fsp3) is 0.0909. The summed E-state index contributed by atoms with van der Waals surface area (Å²) >= 11 is 3.58. The van der Waals surface area contributed by atoms with Crippen LogP contribution in [0.5, 0.6) is 5.75 Å². The van der Waals surface area contributed by atoms with Crippen molar-refractivity contribution in [2.24, 2.45) is 0 Å². The Morgan fingerprint density at radius 1 is 0.962 bits per heavy atom. The van der Waals surface area contributed by atoms with Crippen LogP contribution in [0.2, 0.25) is 0 Å². The van der Waals surface area contributed by atoms with E-state index in [1.807, 2.05) is 60.7 Å². The Balaban J connectivity index is 1.98. The SMILES string of the molecule is CCc1c(Br)cccc1-c1c(N)oc(-c2cccc3ccccc23)c1O. The van der Waals surface area contributed by atoms with Crippen molar-refractivity contribution in [1.82, 2.24) is 0 Å². The third-order valence-corrected chi connectivity index (χ3v) is 5.43. The molecule has 0 aliphatic heterocycles. The molecular weight excluding hydrogens is 390 g/mol. The fourth-order valence-electron chi connectivity index (χ4n) is 3.46. The highest BCUT2D eigenvalue weighted by Gasteiger charge is 2.24. The largest absolute Gasteiger partial charge is 0.504 e. The summed E-state index contributed by atoms with van der Waals surface area (Å²) in [6.07, 6.45) is 0.810. The van der Waals surface area contributed by atoms with E-state index in [-0.39, 0.29) is 11.6 Å². The van der Waals surface area contributed by atoms with E-state index in [2.05, 4.69) is 22.9 Å². The third kappa shape index (κ3) is 2.58. The highest BCUT2D eigenvalue weighted by atomic mass is 79.9. The smallest absolute Gasteiger partial charge is 0.202 e. The van der Waals surface area contributed by atoms with Gasteiger partial charge in [-0.2, -0.15) is 0 Å². The van der Waals surface area contributed by atoms with Crippen molar-refractivity contribution in [2.45, 2.75) is 13.3 Å². The molecule has 0 fully saturated rings. The van der Waals surface area contributed by atoms with Crippen LogP contribution in [-0.2, 0) is 6.42 Å². The Morgan fingerprint density at radius 2 is 1.65 bits per heavy atom. The van der Waals surface area contributed by atoms with Gasteiger partial charge in [0, 0.05) is 10.0 Å². The van der Waals surface area contributed by atoms with Crippen LogP contribution in [0.3, 0.4) is 0 Å². The van der Waals surface area contributed by atoms with Crippen molar-refractivity contribution in [3.63, 3.8) is 0 Å². The number of fused-ring (bicyclic) bond motifs is 1. The molecule has 0 radical (unpaired) electrons. The van der Waals surface area contributed by atoms with Crippen LogP contribution in [0.4, 0.5) is 5.88 Å². The quantitative estimate of drug-likeness (QED) is 0.414. The lowest BCUT2D eigenvalue weighted by Crippen LogP contribution is -1.92. The summed E-state index contributed by atoms with van der Waals surface area (Å²) in [5.74, 6) is 0.696. The van der Waals surface area contributed by atoms with Crippen molar-refractivity contribution in [2.75, 3.05) is 5.73 Å². The molecule has 3 aromatic carbocycles. The van der Waals surface area contributed by atoms with Crippen LogP contribution in [0.25, 0.3) is 33.2 Å². The lowest BCUT2D eigenvalue weighted by molar-refractivity contribution is 0.467. The standard InChI is InChI=1S/C22H18BrNO2/c1-2-14-16(10-6-12-18(14)23)19-20(25)21(26-22(19)24)17-11-5-8-13-7-3-4-9-15(13)17/h3-12,25H,2,24H2,1H3. The number of aromatic hydroxyl groups is 1. The van der Waals surface area contributed by atoms with Gasteiger partial charge in [0.05, 0.1) is 5.56 Å². The molecule has 0 aliphatic rings. The maximum absolute atomic E-state index is 11.0. The van der Waals surface area contributed by atoms with Gasteiger partial charge in [-0.3, -0.25) is 0 Å². The van der Waals surface area contributed by atoms with E-state index in [9.17, 15) is 5.11 Å². The minimum atomic E-state index is 0.0756. The number of halogens is 1. The average molecular weight is 408 g/mol. The van der Waals surface area contributed by atoms with Crippen molar-refractivity contribution < 1.29 is 9.52 Å². The number of nitrogen functional groups attached to an aromatic ring is 1. The first-order valence-corrected chi connectivity index (χ1v) is 9.28. The molecule has 1 aromatic heterocycles. The van der Waals surface area contributed by atoms with Crippen LogP contribution < -0.4 is 5.73 Å². The zero-order valence-electron chi connectivity index (χ0n) is 14.3. The summed E-state index contributed by atoms with van der Waals surface area (Å²) in [5.41, 5.74) is 9.52. The van der Waals surface area contributed by atoms with Gasteiger partial charge in [0.2, 0.25) is 5.88 Å². The molecule has 0 amide bonds. The molecule has 4 heteroatoms. The van der Waals surface area contributed by atoms with Gasteiger partial charge in [0.25, 0.3) is 0 Å². The van der Waals surface area contributed by atoms with Gasteiger partial charge in [-0.15, -0.1) is 0 Å². The number of benzene rings is 3. The highest BCUT2D eigenvalue weighted by molar-refractivity contribution is 9.10. The van der Waals surface area contributed by atoms with E-state index in [4.69, 9.17) is 10.2 Å². The van der Waals surface area contributed by atoms with Crippen molar-refractivity contribution >= 4 is 32.6 Å². The number of furan rings is 1. The predicted octanol–water partition coefficient (Wildman–Crippen LogP) is 6.38. The molecule has 130 valence electrons. The third-order valence-electron chi connectivity index (χ3n) is 4.69. The minimum absolute atomic E-state index is 0.0756. The van der Waals surface area contributed by atoms with Crippen LogP contribution >= 0.6 is 15.9 Å². The van der Waals surface area contributed by atoms with Crippen LogP contribution in [0.1, 0.15) is 12.5 Å². The van der Waals surface area contributed by atoms with Gasteiger partial charge in [-0.05, 0) is 34.4 Å². The van der Waals surface area contributed by atoms with Gasteiger partial charge < -0.3 is 15.3 Å². The lowest BCUT2D eigenvalue weighted by Gasteiger charge is -2.09. The molecule has 1 heterocycles. The molecule has 0 unspecified atom stereocenters. The maximum atomic E-state index is 11.0. The molecule has 0 atom stereocenters. The van der Waals surface area contributed by atoms with E-state index in [1.165, 1.54) is 0 Å². The number of nitrogens with two attached hydrogens (primary N) is 1. The van der Waals surface area contributed by atoms with Crippen molar-refractivity contribution in [1.29, 1.82) is 0 Å². The molecule has 0 saturated carbocycles. The molecular formula is C22H18BrNO2. The second kappa shape index (κ2) is 6.54. The Morgan fingerprint density at radius 3 is 2.46 bits per heavy atom. The summed E-state index contributed by atoms with van der Waals surface area (Å²) in [4.78, 5) is 0. The molecule has 4 rings (SSSR count). The maximum Gasteiger partial charge on any atom is 0.202 e. The molecule has 0 bridgehead atoms. The molecule has 3 N–H and O–H groups in total. The summed E-state index contributed by atoms with van der Waals surface area (Å²) in [6, 6.07) is 19.8. The summed E-state index contributed by atoms with van der Waals surface area (Å²) < 4.78 is 6.84. The average Bonchev–Trinajstić information content (AvgIpc) is 2.95. The summed E-state index contributed by atoms with van der Waals surface area (Å²) in [7, 11) is 0. The summed E-state index contributed by atoms with van der Waals surface area (Å²) in [6.45, 7) is 2.07. The second-order valence-corrected chi connectivity index (χ2v) is 7.02. The molecule has 0 spiro atoms. The van der Waals surface area contributed by atoms with Gasteiger partial charge in [0.1, 0.15) is 0 Å². The number of anilines is 1. The number of rotatable bonds is 3. The first kappa shape index (κ1) is 16.7. The Bertz CT molecular complexity index is 1110. The van der Waals surface area contributed by atoms with Crippen LogP contribution in [-0.4, -0.2) is 5.11 Å². The first-order chi connectivity index (χ1) is 12.6. The van der Waals surface area contributed by atoms with E-state index in [0.717, 1.165) is 38.4 Å². The lowest BCUT2D eigenvalue weighted by atomic mass is 9.97. The van der Waals surface area contributed by atoms with E-state index in [1.54, 1.807) is 0 Å². The number of hydrogen-bond acceptors (Lipinski definition) is 3. The van der Waals surface area contributed by atoms with Gasteiger partial charge in [-0.1, -0.05) is 77.5 Å². The first-order valence-electron chi connectivity index (χ1n) is 8.49. The Hall–Kier alpha value is -2.72. The fourth-order valence-corrected chi connectivity index (χ4v) is 4.10. The van der Waals surface area contributed by atoms with E-state index < -0.39 is 0 Å². The molecule has 26 heavy (non-hydrogen) atoms. The monoisotopic (exact) mass is 407 g/mol. The highest BCUT2D eigenvalue weighted by Crippen LogP contribution is 2.48. The Kier molecular flexibility index (Phi) is 4.21. The Labute approximate surface area is 160 Å². The topological polar surface area (TPSA) is 59.4 Å². The van der Waals surface area contributed by atoms with Gasteiger partial charge >= 0.3 is 0 Å². The van der Waals surface area contributed by atoms with Gasteiger partial charge in [0.15, 0.2) is 11.5 Å². The van der Waals surface area contributed by atoms with Crippen LogP contribution in [0.15, 0.2) is 69.6 Å². The van der Waals surface area contributed by atoms with Crippen LogP contribution in [0, 0.1) is 0 Å². The normalized spacial score (nSPS) is 11.2. The molecule has 0 aliphatic carbocycles.